The van der Waals surface area contributed by atoms with Crippen molar-refractivity contribution in [3.8, 4) is 11.5 Å². The summed E-state index contributed by atoms with van der Waals surface area (Å²) in [6.07, 6.45) is 1.60. The molecule has 3 nitrogen and oxygen atoms in total. The lowest BCUT2D eigenvalue weighted by atomic mass is 10.1. The molecule has 140 valence electrons. The molecule has 0 saturated carbocycles. The summed E-state index contributed by atoms with van der Waals surface area (Å²) in [5.41, 5.74) is 3.39. The lowest BCUT2D eigenvalue weighted by Gasteiger charge is -2.09. The average Bonchev–Trinajstić information content (AvgIpc) is 3.00. The van der Waals surface area contributed by atoms with Crippen LogP contribution in [0.4, 0.5) is 0 Å². The number of fused-ring (bicyclic) bond motifs is 1. The Balaban J connectivity index is 1.55. The van der Waals surface area contributed by atoms with Crippen LogP contribution < -0.4 is 9.47 Å². The Morgan fingerprint density at radius 1 is 1.04 bits per heavy atom. The Kier molecular flexibility index (Phi) is 5.12. The molecule has 5 heteroatoms. The van der Waals surface area contributed by atoms with Gasteiger partial charge < -0.3 is 9.47 Å². The Morgan fingerprint density at radius 2 is 1.86 bits per heavy atom. The molecule has 0 aromatic heterocycles. The van der Waals surface area contributed by atoms with Gasteiger partial charge in [0.25, 0.3) is 0 Å². The summed E-state index contributed by atoms with van der Waals surface area (Å²) in [6.45, 7) is 2.49. The Morgan fingerprint density at radius 3 is 2.68 bits per heavy atom. The number of rotatable bonds is 4. The van der Waals surface area contributed by atoms with Gasteiger partial charge in [0, 0.05) is 6.07 Å². The van der Waals surface area contributed by atoms with Gasteiger partial charge in [0.2, 0.25) is 5.78 Å². The quantitative estimate of drug-likeness (QED) is 0.460. The molecular formula is C23H16Cl2O3. The van der Waals surface area contributed by atoms with E-state index in [1.807, 2.05) is 31.2 Å². The maximum absolute atomic E-state index is 12.6. The third-order valence-electron chi connectivity index (χ3n) is 4.57. The molecule has 0 saturated heterocycles. The molecule has 3 aromatic carbocycles. The lowest BCUT2D eigenvalue weighted by Crippen LogP contribution is -1.98. The minimum Gasteiger partial charge on any atom is -0.489 e. The number of ketones is 1. The van der Waals surface area contributed by atoms with Crippen LogP contribution in [0.15, 0.2) is 66.4 Å². The highest BCUT2D eigenvalue weighted by molar-refractivity contribution is 6.43. The van der Waals surface area contributed by atoms with Gasteiger partial charge in [-0.15, -0.1) is 0 Å². The number of carbonyl (C=O) groups excluding carboxylic acids is 1. The van der Waals surface area contributed by atoms with Crippen molar-refractivity contribution < 1.29 is 14.3 Å². The van der Waals surface area contributed by atoms with E-state index in [2.05, 4.69) is 0 Å². The van der Waals surface area contributed by atoms with Crippen molar-refractivity contribution in [3.05, 3.63) is 98.7 Å². The van der Waals surface area contributed by atoms with Gasteiger partial charge in [0.05, 0.1) is 15.6 Å². The Hall–Kier alpha value is -2.75. The van der Waals surface area contributed by atoms with Gasteiger partial charge in [-0.2, -0.15) is 0 Å². The van der Waals surface area contributed by atoms with Crippen LogP contribution in [-0.2, 0) is 6.61 Å². The molecule has 0 atom stereocenters. The number of allylic oxidation sites excluding steroid dienone is 1. The van der Waals surface area contributed by atoms with E-state index in [1.54, 1.807) is 42.5 Å². The van der Waals surface area contributed by atoms with E-state index in [-0.39, 0.29) is 11.5 Å². The minimum atomic E-state index is -0.198. The number of hydrogen-bond donors (Lipinski definition) is 0. The van der Waals surface area contributed by atoms with Gasteiger partial charge in [-0.05, 0) is 47.9 Å². The van der Waals surface area contributed by atoms with E-state index in [0.717, 1.165) is 5.56 Å². The van der Waals surface area contributed by atoms with Crippen LogP contribution in [0.5, 0.6) is 11.5 Å². The summed E-state index contributed by atoms with van der Waals surface area (Å²) in [4.78, 5) is 12.6. The first-order valence-corrected chi connectivity index (χ1v) is 9.48. The maximum atomic E-state index is 12.6. The van der Waals surface area contributed by atoms with Crippen molar-refractivity contribution in [3.63, 3.8) is 0 Å². The van der Waals surface area contributed by atoms with E-state index in [4.69, 9.17) is 32.7 Å². The molecule has 0 fully saturated rings. The molecule has 1 heterocycles. The fourth-order valence-corrected chi connectivity index (χ4v) is 3.33. The second-order valence-electron chi connectivity index (χ2n) is 6.46. The van der Waals surface area contributed by atoms with E-state index in [9.17, 15) is 4.79 Å². The monoisotopic (exact) mass is 410 g/mol. The Labute approximate surface area is 173 Å². The first kappa shape index (κ1) is 18.6. The van der Waals surface area contributed by atoms with Gasteiger partial charge in [-0.25, -0.2) is 0 Å². The normalized spacial score (nSPS) is 14.1. The number of Topliss-reactive ketones (excluding diaryl/α,β-unsaturated/α-hetero) is 1. The molecular weight excluding hydrogens is 395 g/mol. The highest BCUT2D eigenvalue weighted by Gasteiger charge is 2.28. The van der Waals surface area contributed by atoms with Crippen molar-refractivity contribution in [2.75, 3.05) is 0 Å². The van der Waals surface area contributed by atoms with Crippen molar-refractivity contribution in [1.82, 2.24) is 0 Å². The van der Waals surface area contributed by atoms with Crippen LogP contribution in [0.25, 0.3) is 6.08 Å². The second-order valence-corrected chi connectivity index (χ2v) is 7.24. The molecule has 0 radical (unpaired) electrons. The van der Waals surface area contributed by atoms with E-state index in [1.165, 1.54) is 5.56 Å². The summed E-state index contributed by atoms with van der Waals surface area (Å²) in [5.74, 6) is 1.11. The zero-order valence-electron chi connectivity index (χ0n) is 15.0. The van der Waals surface area contributed by atoms with Crippen LogP contribution in [0, 0.1) is 6.92 Å². The number of carbonyl (C=O) groups is 1. The van der Waals surface area contributed by atoms with Crippen molar-refractivity contribution in [2.24, 2.45) is 0 Å². The number of benzene rings is 3. The van der Waals surface area contributed by atoms with Crippen LogP contribution in [-0.4, -0.2) is 5.78 Å². The van der Waals surface area contributed by atoms with Gasteiger partial charge in [-0.1, -0.05) is 59.6 Å². The van der Waals surface area contributed by atoms with Crippen LogP contribution in [0.1, 0.15) is 27.0 Å². The molecule has 28 heavy (non-hydrogen) atoms. The average molecular weight is 411 g/mol. The van der Waals surface area contributed by atoms with E-state index < -0.39 is 0 Å². The molecule has 0 aliphatic carbocycles. The molecule has 4 rings (SSSR count). The maximum Gasteiger partial charge on any atom is 0.231 e. The molecule has 0 amide bonds. The fourth-order valence-electron chi connectivity index (χ4n) is 2.96. The first-order valence-electron chi connectivity index (χ1n) is 8.72. The van der Waals surface area contributed by atoms with Gasteiger partial charge in [0.1, 0.15) is 18.1 Å². The summed E-state index contributed by atoms with van der Waals surface area (Å²) < 4.78 is 11.6. The highest BCUT2D eigenvalue weighted by atomic mass is 35.5. The van der Waals surface area contributed by atoms with Crippen LogP contribution in [0.3, 0.4) is 0 Å². The smallest absolute Gasteiger partial charge is 0.231 e. The van der Waals surface area contributed by atoms with Gasteiger partial charge in [0.15, 0.2) is 5.76 Å². The first-order chi connectivity index (χ1) is 13.5. The van der Waals surface area contributed by atoms with Gasteiger partial charge in [-0.3, -0.25) is 4.79 Å². The van der Waals surface area contributed by atoms with Crippen LogP contribution >= 0.6 is 23.2 Å². The number of hydrogen-bond acceptors (Lipinski definition) is 3. The summed E-state index contributed by atoms with van der Waals surface area (Å²) in [7, 11) is 0. The van der Waals surface area contributed by atoms with Crippen molar-refractivity contribution in [2.45, 2.75) is 13.5 Å². The van der Waals surface area contributed by atoms with Crippen LogP contribution in [0.2, 0.25) is 10.0 Å². The number of aryl methyl sites for hydroxylation is 1. The fraction of sp³-hybridized carbons (Fsp3) is 0.0870. The molecule has 0 N–H and O–H groups in total. The number of ether oxygens (including phenoxy) is 2. The SMILES string of the molecule is Cc1ccccc1COc1ccc2c(c1)O/C(=C\c1cccc(Cl)c1Cl)C2=O. The zero-order chi connectivity index (χ0) is 19.7. The number of halogens is 2. The molecule has 1 aliphatic rings. The van der Waals surface area contributed by atoms with Crippen molar-refractivity contribution in [1.29, 1.82) is 0 Å². The van der Waals surface area contributed by atoms with E-state index in [0.29, 0.717) is 39.3 Å². The second kappa shape index (κ2) is 7.70. The predicted octanol–water partition coefficient (Wildman–Crippen LogP) is 6.50. The lowest BCUT2D eigenvalue weighted by molar-refractivity contribution is 0.101. The molecule has 0 spiro atoms. The predicted molar refractivity (Wildman–Crippen MR) is 111 cm³/mol. The third kappa shape index (κ3) is 3.64. The molecule has 3 aromatic rings. The summed E-state index contributed by atoms with van der Waals surface area (Å²) in [5, 5.41) is 0.803. The van der Waals surface area contributed by atoms with E-state index >= 15 is 0 Å². The third-order valence-corrected chi connectivity index (χ3v) is 5.40. The summed E-state index contributed by atoms with van der Waals surface area (Å²) >= 11 is 12.2. The molecule has 1 aliphatic heterocycles. The zero-order valence-corrected chi connectivity index (χ0v) is 16.6. The standard InChI is InChI=1S/C23H16Cl2O3/c1-14-5-2-3-6-16(14)13-27-17-9-10-18-20(12-17)28-21(23(18)26)11-15-7-4-8-19(24)22(15)25/h2-12H,13H2,1H3/b21-11-. The largest absolute Gasteiger partial charge is 0.489 e. The van der Waals surface area contributed by atoms with Gasteiger partial charge >= 0.3 is 0 Å². The molecule has 0 unspecified atom stereocenters. The van der Waals surface area contributed by atoms with Crippen molar-refractivity contribution >= 4 is 35.1 Å². The molecule has 0 bridgehead atoms. The highest BCUT2D eigenvalue weighted by Crippen LogP contribution is 2.36. The topological polar surface area (TPSA) is 35.5 Å². The summed E-state index contributed by atoms with van der Waals surface area (Å²) in [6, 6.07) is 18.5. The minimum absolute atomic E-state index is 0.198. The Bertz CT molecular complexity index is 1100.